The van der Waals surface area contributed by atoms with Crippen LogP contribution in [0.25, 0.3) is 0 Å². The van der Waals surface area contributed by atoms with Gasteiger partial charge in [0, 0.05) is 0 Å². The van der Waals surface area contributed by atoms with E-state index in [1.807, 2.05) is 6.92 Å². The molecule has 0 spiro atoms. The maximum atomic E-state index is 11.8. The Morgan fingerprint density at radius 2 is 2.42 bits per heavy atom. The summed E-state index contributed by atoms with van der Waals surface area (Å²) in [6.45, 7) is 2.38. The van der Waals surface area contributed by atoms with Gasteiger partial charge in [-0.05, 0) is 13.3 Å². The van der Waals surface area contributed by atoms with Crippen molar-refractivity contribution in [2.75, 3.05) is 6.61 Å². The smallest absolute Gasteiger partial charge is 0.325 e. The summed E-state index contributed by atoms with van der Waals surface area (Å²) in [7, 11) is 0. The average Bonchev–Trinajstić information content (AvgIpc) is 2.94. The number of carbonyl (C=O) groups excluding carboxylic acids is 1. The summed E-state index contributed by atoms with van der Waals surface area (Å²) in [4.78, 5) is 22.3. The number of hydrogen-bond acceptors (Lipinski definition) is 5. The van der Waals surface area contributed by atoms with Gasteiger partial charge in [0.15, 0.2) is 0 Å². The van der Waals surface area contributed by atoms with E-state index in [2.05, 4.69) is 15.6 Å². The second-order valence-electron chi connectivity index (χ2n) is 4.60. The normalized spacial score (nSPS) is 22.4. The van der Waals surface area contributed by atoms with Gasteiger partial charge in [-0.2, -0.15) is 0 Å². The Balaban J connectivity index is 1.80. The number of carboxylic acids is 1. The average molecular weight is 268 g/mol. The van der Waals surface area contributed by atoms with Crippen LogP contribution in [0.1, 0.15) is 19.0 Å². The van der Waals surface area contributed by atoms with Crippen molar-refractivity contribution in [1.29, 1.82) is 0 Å². The molecule has 2 rings (SSSR count). The van der Waals surface area contributed by atoms with Gasteiger partial charge in [0.1, 0.15) is 12.2 Å². The van der Waals surface area contributed by atoms with Crippen molar-refractivity contribution in [3.05, 3.63) is 11.9 Å². The van der Waals surface area contributed by atoms with Crippen molar-refractivity contribution in [2.24, 2.45) is 5.92 Å². The zero-order chi connectivity index (χ0) is 13.8. The lowest BCUT2D eigenvalue weighted by Crippen LogP contribution is -2.30. The van der Waals surface area contributed by atoms with Crippen LogP contribution < -0.4 is 5.32 Å². The van der Waals surface area contributed by atoms with Gasteiger partial charge in [-0.3, -0.25) is 9.59 Å². The van der Waals surface area contributed by atoms with E-state index < -0.39 is 5.97 Å². The molecule has 2 N–H and O–H groups in total. The van der Waals surface area contributed by atoms with Crippen LogP contribution in [-0.4, -0.2) is 44.7 Å². The monoisotopic (exact) mass is 268 g/mol. The molecule has 19 heavy (non-hydrogen) atoms. The molecule has 2 heterocycles. The molecule has 1 aromatic heterocycles. The predicted molar refractivity (Wildman–Crippen MR) is 63.0 cm³/mol. The molecule has 8 nitrogen and oxygen atoms in total. The number of carboxylic acid groups (broad SMARTS) is 1. The van der Waals surface area contributed by atoms with Crippen LogP contribution in [-0.2, 0) is 27.4 Å². The van der Waals surface area contributed by atoms with E-state index in [-0.39, 0.29) is 31.0 Å². The molecule has 1 aliphatic heterocycles. The van der Waals surface area contributed by atoms with Gasteiger partial charge in [0.2, 0.25) is 5.91 Å². The quantitative estimate of drug-likeness (QED) is 0.739. The lowest BCUT2D eigenvalue weighted by molar-refractivity contribution is -0.138. The number of rotatable bonds is 5. The molecule has 0 saturated carbocycles. The SMILES string of the molecule is CC1CC(C(=O)NCc2cn(CC(=O)O)nn2)CO1. The predicted octanol–water partition coefficient (Wildman–Crippen LogP) is -0.596. The van der Waals surface area contributed by atoms with Gasteiger partial charge in [-0.1, -0.05) is 5.21 Å². The van der Waals surface area contributed by atoms with Crippen LogP contribution >= 0.6 is 0 Å². The van der Waals surface area contributed by atoms with E-state index in [0.29, 0.717) is 12.3 Å². The van der Waals surface area contributed by atoms with Gasteiger partial charge in [0.25, 0.3) is 0 Å². The van der Waals surface area contributed by atoms with E-state index in [4.69, 9.17) is 9.84 Å². The molecule has 8 heteroatoms. The third kappa shape index (κ3) is 3.75. The highest BCUT2D eigenvalue weighted by molar-refractivity contribution is 5.79. The first-order chi connectivity index (χ1) is 9.04. The molecule has 1 aliphatic rings. The Morgan fingerprint density at radius 1 is 1.63 bits per heavy atom. The Labute approximate surface area is 109 Å². The van der Waals surface area contributed by atoms with Gasteiger partial charge in [-0.25, -0.2) is 4.68 Å². The van der Waals surface area contributed by atoms with E-state index in [0.717, 1.165) is 6.42 Å². The summed E-state index contributed by atoms with van der Waals surface area (Å²) in [6, 6.07) is 0. The highest BCUT2D eigenvalue weighted by atomic mass is 16.5. The molecule has 0 radical (unpaired) electrons. The largest absolute Gasteiger partial charge is 0.480 e. The second-order valence-corrected chi connectivity index (χ2v) is 4.60. The minimum atomic E-state index is -0.988. The number of ether oxygens (including phenoxy) is 1. The van der Waals surface area contributed by atoms with Crippen LogP contribution in [0.2, 0.25) is 0 Å². The second kappa shape index (κ2) is 5.79. The molecule has 1 aromatic rings. The molecule has 0 bridgehead atoms. The summed E-state index contributed by atoms with van der Waals surface area (Å²) in [6.07, 6.45) is 2.34. The minimum Gasteiger partial charge on any atom is -0.480 e. The van der Waals surface area contributed by atoms with Gasteiger partial charge in [0.05, 0.1) is 31.4 Å². The van der Waals surface area contributed by atoms with E-state index >= 15 is 0 Å². The lowest BCUT2D eigenvalue weighted by Gasteiger charge is -2.07. The third-order valence-corrected chi connectivity index (χ3v) is 2.90. The molecule has 0 aliphatic carbocycles. The van der Waals surface area contributed by atoms with E-state index in [1.54, 1.807) is 0 Å². The molecule has 2 unspecified atom stereocenters. The van der Waals surface area contributed by atoms with E-state index in [9.17, 15) is 9.59 Å². The zero-order valence-corrected chi connectivity index (χ0v) is 10.6. The number of nitrogens with zero attached hydrogens (tertiary/aromatic N) is 3. The van der Waals surface area contributed by atoms with E-state index in [1.165, 1.54) is 10.9 Å². The highest BCUT2D eigenvalue weighted by Gasteiger charge is 2.28. The Morgan fingerprint density at radius 3 is 3.05 bits per heavy atom. The standard InChI is InChI=1S/C11H16N4O4/c1-7-2-8(6-19-7)11(18)12-3-9-4-15(14-13-9)5-10(16)17/h4,7-8H,2-3,5-6H2,1H3,(H,12,18)(H,16,17). The van der Waals surface area contributed by atoms with Gasteiger partial charge >= 0.3 is 5.97 Å². The molecular weight excluding hydrogens is 252 g/mol. The number of aliphatic carboxylic acids is 1. The van der Waals surface area contributed by atoms with Crippen LogP contribution in [0.3, 0.4) is 0 Å². The zero-order valence-electron chi connectivity index (χ0n) is 10.6. The van der Waals surface area contributed by atoms with Crippen molar-refractivity contribution in [3.63, 3.8) is 0 Å². The Hall–Kier alpha value is -1.96. The van der Waals surface area contributed by atoms with Crippen LogP contribution in [0.15, 0.2) is 6.20 Å². The maximum absolute atomic E-state index is 11.8. The number of carbonyl (C=O) groups is 2. The number of nitrogens with one attached hydrogen (secondary N) is 1. The minimum absolute atomic E-state index is 0.0721. The van der Waals surface area contributed by atoms with Gasteiger partial charge in [-0.15, -0.1) is 5.10 Å². The topological polar surface area (TPSA) is 106 Å². The van der Waals surface area contributed by atoms with Crippen molar-refractivity contribution in [1.82, 2.24) is 20.3 Å². The third-order valence-electron chi connectivity index (χ3n) is 2.90. The Bertz CT molecular complexity index is 473. The number of amides is 1. The summed E-state index contributed by atoms with van der Waals surface area (Å²) >= 11 is 0. The first-order valence-corrected chi connectivity index (χ1v) is 6.04. The number of aromatic nitrogens is 3. The van der Waals surface area contributed by atoms with Crippen LogP contribution in [0.5, 0.6) is 0 Å². The molecule has 1 amide bonds. The van der Waals surface area contributed by atoms with Gasteiger partial charge < -0.3 is 15.2 Å². The molecule has 1 saturated heterocycles. The molecule has 2 atom stereocenters. The van der Waals surface area contributed by atoms with Crippen molar-refractivity contribution in [3.8, 4) is 0 Å². The van der Waals surface area contributed by atoms with Crippen molar-refractivity contribution < 1.29 is 19.4 Å². The molecule has 104 valence electrons. The maximum Gasteiger partial charge on any atom is 0.325 e. The fourth-order valence-electron chi connectivity index (χ4n) is 1.96. The fraction of sp³-hybridized carbons (Fsp3) is 0.636. The molecule has 1 fully saturated rings. The summed E-state index contributed by atoms with van der Waals surface area (Å²) in [5, 5.41) is 18.8. The summed E-state index contributed by atoms with van der Waals surface area (Å²) in [5.74, 6) is -1.18. The molecule has 0 aromatic carbocycles. The van der Waals surface area contributed by atoms with Crippen molar-refractivity contribution >= 4 is 11.9 Å². The van der Waals surface area contributed by atoms with Crippen molar-refractivity contribution in [2.45, 2.75) is 32.5 Å². The number of hydrogen-bond donors (Lipinski definition) is 2. The first kappa shape index (κ1) is 13.5. The van der Waals surface area contributed by atoms with Crippen LogP contribution in [0, 0.1) is 5.92 Å². The fourth-order valence-corrected chi connectivity index (χ4v) is 1.96. The lowest BCUT2D eigenvalue weighted by atomic mass is 10.1. The Kier molecular flexibility index (Phi) is 4.10. The highest BCUT2D eigenvalue weighted by Crippen LogP contribution is 2.18. The molecular formula is C11H16N4O4. The summed E-state index contributed by atoms with van der Waals surface area (Å²) in [5.41, 5.74) is 0.529. The first-order valence-electron chi connectivity index (χ1n) is 6.04. The van der Waals surface area contributed by atoms with Crippen LogP contribution in [0.4, 0.5) is 0 Å². The summed E-state index contributed by atoms with van der Waals surface area (Å²) < 4.78 is 6.54.